The van der Waals surface area contributed by atoms with E-state index in [2.05, 4.69) is 22.2 Å². The summed E-state index contributed by atoms with van der Waals surface area (Å²) in [6, 6.07) is 3.87. The van der Waals surface area contributed by atoms with Crippen molar-refractivity contribution in [1.29, 1.82) is 0 Å². The summed E-state index contributed by atoms with van der Waals surface area (Å²) in [6.07, 6.45) is 4.68. The fourth-order valence-electron chi connectivity index (χ4n) is 3.62. The Morgan fingerprint density at radius 1 is 1.30 bits per heavy atom. The Bertz CT molecular complexity index is 901. The van der Waals surface area contributed by atoms with Gasteiger partial charge in [0, 0.05) is 38.3 Å². The second kappa shape index (κ2) is 9.57. The van der Waals surface area contributed by atoms with Crippen LogP contribution in [0.1, 0.15) is 30.6 Å². The van der Waals surface area contributed by atoms with Gasteiger partial charge in [0.05, 0.1) is 44.1 Å². The molecule has 1 aromatic carbocycles. The largest absolute Gasteiger partial charge is 0.489 e. The summed E-state index contributed by atoms with van der Waals surface area (Å²) in [4.78, 5) is 7.09. The van der Waals surface area contributed by atoms with Crippen molar-refractivity contribution in [2.75, 3.05) is 39.5 Å². The zero-order chi connectivity index (χ0) is 20.9. The first-order valence-corrected chi connectivity index (χ1v) is 10.7. The molecule has 30 heavy (non-hydrogen) atoms. The highest BCUT2D eigenvalue weighted by Crippen LogP contribution is 2.38. The number of hydrogen-bond donors (Lipinski definition) is 1. The van der Waals surface area contributed by atoms with Crippen LogP contribution in [0.15, 0.2) is 29.5 Å². The molecule has 0 saturated carbocycles. The van der Waals surface area contributed by atoms with Gasteiger partial charge in [-0.05, 0) is 24.6 Å². The van der Waals surface area contributed by atoms with Crippen LogP contribution in [0.3, 0.4) is 0 Å². The number of rotatable bonds is 4. The number of nitrogens with zero attached hydrogens (tertiary/aromatic N) is 4. The molecule has 2 aliphatic rings. The average Bonchev–Trinajstić information content (AvgIpc) is 3.04. The Hall–Kier alpha value is -2.45. The Balaban J connectivity index is 1.50. The van der Waals surface area contributed by atoms with Gasteiger partial charge in [-0.1, -0.05) is 11.6 Å². The molecule has 1 atom stereocenters. The number of aliphatic imine (C=N–C) groups is 1. The van der Waals surface area contributed by atoms with E-state index in [0.29, 0.717) is 42.9 Å². The lowest BCUT2D eigenvalue weighted by Crippen LogP contribution is -2.48. The molecule has 8 nitrogen and oxygen atoms in total. The van der Waals surface area contributed by atoms with Gasteiger partial charge in [0.2, 0.25) is 0 Å². The van der Waals surface area contributed by atoms with Crippen LogP contribution in [0.2, 0.25) is 5.02 Å². The molecule has 1 unspecified atom stereocenters. The van der Waals surface area contributed by atoms with Gasteiger partial charge in [-0.15, -0.1) is 0 Å². The summed E-state index contributed by atoms with van der Waals surface area (Å²) < 4.78 is 19.3. The molecule has 9 heteroatoms. The van der Waals surface area contributed by atoms with E-state index in [1.165, 1.54) is 0 Å². The van der Waals surface area contributed by atoms with Gasteiger partial charge in [0.25, 0.3) is 0 Å². The molecular weight excluding hydrogens is 406 g/mol. The van der Waals surface area contributed by atoms with E-state index in [1.807, 2.05) is 31.6 Å². The zero-order valence-electron chi connectivity index (χ0n) is 17.4. The molecule has 1 aromatic heterocycles. The fraction of sp³-hybridized carbons (Fsp3) is 0.524. The molecule has 0 spiro atoms. The van der Waals surface area contributed by atoms with E-state index in [4.69, 9.17) is 30.8 Å². The number of aryl methyl sites for hydroxylation is 1. The van der Waals surface area contributed by atoms with Crippen LogP contribution in [-0.2, 0) is 18.3 Å². The van der Waals surface area contributed by atoms with Crippen LogP contribution in [0.25, 0.3) is 0 Å². The van der Waals surface area contributed by atoms with Gasteiger partial charge in [-0.3, -0.25) is 4.68 Å². The summed E-state index contributed by atoms with van der Waals surface area (Å²) >= 11 is 6.43. The Morgan fingerprint density at radius 2 is 2.17 bits per heavy atom. The minimum absolute atomic E-state index is 0.0243. The first-order valence-electron chi connectivity index (χ1n) is 10.4. The first kappa shape index (κ1) is 20.8. The fourth-order valence-corrected chi connectivity index (χ4v) is 3.91. The van der Waals surface area contributed by atoms with E-state index in [1.54, 1.807) is 4.68 Å². The van der Waals surface area contributed by atoms with Gasteiger partial charge in [0.15, 0.2) is 17.5 Å². The summed E-state index contributed by atoms with van der Waals surface area (Å²) in [5.41, 5.74) is 2.06. The smallest absolute Gasteiger partial charge is 0.194 e. The molecule has 1 N–H and O–H groups in total. The number of benzene rings is 1. The second-order valence-electron chi connectivity index (χ2n) is 7.38. The molecule has 1 saturated heterocycles. The third-order valence-electron chi connectivity index (χ3n) is 5.07. The van der Waals surface area contributed by atoms with Crippen LogP contribution in [0.5, 0.6) is 11.5 Å². The van der Waals surface area contributed by atoms with E-state index in [9.17, 15) is 0 Å². The van der Waals surface area contributed by atoms with Crippen molar-refractivity contribution >= 4 is 17.6 Å². The van der Waals surface area contributed by atoms with Gasteiger partial charge in [0.1, 0.15) is 6.10 Å². The van der Waals surface area contributed by atoms with Crippen molar-refractivity contribution in [3.63, 3.8) is 0 Å². The molecule has 0 bridgehead atoms. The standard InChI is InChI=1S/C21H28ClN5O3/c1-3-23-21(27-5-8-29-19(14-27)16-12-25-26(2)13-16)24-11-15-9-17(22)20-18(10-15)28-6-4-7-30-20/h9-10,12-13,19H,3-8,11,14H2,1-2H3,(H,23,24). The van der Waals surface area contributed by atoms with Gasteiger partial charge in [-0.2, -0.15) is 5.10 Å². The van der Waals surface area contributed by atoms with Crippen molar-refractivity contribution in [2.45, 2.75) is 26.0 Å². The number of halogens is 1. The molecule has 4 rings (SSSR count). The molecule has 2 aliphatic heterocycles. The highest BCUT2D eigenvalue weighted by Gasteiger charge is 2.25. The molecule has 162 valence electrons. The van der Waals surface area contributed by atoms with Crippen molar-refractivity contribution in [3.05, 3.63) is 40.7 Å². The predicted octanol–water partition coefficient (Wildman–Crippen LogP) is 2.77. The Morgan fingerprint density at radius 3 is 2.97 bits per heavy atom. The topological polar surface area (TPSA) is 73.1 Å². The number of fused-ring (bicyclic) bond motifs is 1. The van der Waals surface area contributed by atoms with Crippen LogP contribution >= 0.6 is 11.6 Å². The second-order valence-corrected chi connectivity index (χ2v) is 7.79. The number of morpholine rings is 1. The Kier molecular flexibility index (Phi) is 6.64. The van der Waals surface area contributed by atoms with Crippen LogP contribution in [0.4, 0.5) is 0 Å². The van der Waals surface area contributed by atoms with Gasteiger partial charge in [-0.25, -0.2) is 4.99 Å². The Labute approximate surface area is 181 Å². The van der Waals surface area contributed by atoms with E-state index < -0.39 is 0 Å². The normalized spacial score (nSPS) is 19.5. The highest BCUT2D eigenvalue weighted by atomic mass is 35.5. The first-order chi connectivity index (χ1) is 14.6. The SMILES string of the molecule is CCNC(=NCc1cc(Cl)c2c(c1)OCCCO2)N1CCOC(c2cnn(C)c2)C1. The summed E-state index contributed by atoms with van der Waals surface area (Å²) in [5, 5.41) is 8.22. The van der Waals surface area contributed by atoms with Crippen molar-refractivity contribution in [2.24, 2.45) is 12.0 Å². The lowest BCUT2D eigenvalue weighted by Gasteiger charge is -2.34. The van der Waals surface area contributed by atoms with Crippen molar-refractivity contribution in [3.8, 4) is 11.5 Å². The van der Waals surface area contributed by atoms with Gasteiger partial charge < -0.3 is 24.4 Å². The number of nitrogens with one attached hydrogen (secondary N) is 1. The maximum absolute atomic E-state index is 6.43. The highest BCUT2D eigenvalue weighted by molar-refractivity contribution is 6.32. The molecule has 0 amide bonds. The molecule has 0 radical (unpaired) electrons. The van der Waals surface area contributed by atoms with E-state index >= 15 is 0 Å². The molecular formula is C21H28ClN5O3. The van der Waals surface area contributed by atoms with Crippen LogP contribution < -0.4 is 14.8 Å². The molecule has 3 heterocycles. The summed E-state index contributed by atoms with van der Waals surface area (Å²) in [6.45, 7) is 6.73. The molecule has 0 aliphatic carbocycles. The van der Waals surface area contributed by atoms with Crippen molar-refractivity contribution < 1.29 is 14.2 Å². The van der Waals surface area contributed by atoms with Gasteiger partial charge >= 0.3 is 0 Å². The number of ether oxygens (including phenoxy) is 3. The average molecular weight is 434 g/mol. The lowest BCUT2D eigenvalue weighted by molar-refractivity contribution is -0.00805. The number of guanidine groups is 1. The lowest BCUT2D eigenvalue weighted by atomic mass is 10.1. The maximum Gasteiger partial charge on any atom is 0.194 e. The predicted molar refractivity (Wildman–Crippen MR) is 115 cm³/mol. The molecule has 1 fully saturated rings. The zero-order valence-corrected chi connectivity index (χ0v) is 18.2. The summed E-state index contributed by atoms with van der Waals surface area (Å²) in [7, 11) is 1.91. The molecule has 2 aromatic rings. The number of hydrogen-bond acceptors (Lipinski definition) is 5. The minimum Gasteiger partial charge on any atom is -0.489 e. The monoisotopic (exact) mass is 433 g/mol. The minimum atomic E-state index is -0.0243. The number of aromatic nitrogens is 2. The van der Waals surface area contributed by atoms with Crippen molar-refractivity contribution in [1.82, 2.24) is 20.0 Å². The van der Waals surface area contributed by atoms with E-state index in [0.717, 1.165) is 43.1 Å². The third kappa shape index (κ3) is 4.82. The van der Waals surface area contributed by atoms with Crippen LogP contribution in [0, 0.1) is 0 Å². The quantitative estimate of drug-likeness (QED) is 0.590. The maximum atomic E-state index is 6.43. The van der Waals surface area contributed by atoms with E-state index in [-0.39, 0.29) is 6.10 Å². The third-order valence-corrected chi connectivity index (χ3v) is 5.35. The summed E-state index contributed by atoms with van der Waals surface area (Å²) in [5.74, 6) is 2.18. The van der Waals surface area contributed by atoms with Crippen LogP contribution in [-0.4, -0.2) is 60.1 Å².